The molecule has 0 bridgehead atoms. The summed E-state index contributed by atoms with van der Waals surface area (Å²) in [5, 5.41) is 10.7. The number of pyridine rings is 1. The smallest absolute Gasteiger partial charge is 0.269 e. The van der Waals surface area contributed by atoms with E-state index in [2.05, 4.69) is 4.98 Å². The van der Waals surface area contributed by atoms with Crippen LogP contribution in [0.25, 0.3) is 16.9 Å². The Kier molecular flexibility index (Phi) is 3.35. The largest absolute Gasteiger partial charge is 0.299 e. The summed E-state index contributed by atoms with van der Waals surface area (Å²) in [6.07, 6.45) is 0. The molecule has 3 rings (SSSR count). The van der Waals surface area contributed by atoms with E-state index in [1.807, 2.05) is 29.5 Å². The molecule has 0 aliphatic carbocycles. The Balaban J connectivity index is 2.20. The zero-order chi connectivity index (χ0) is 15.0. The Morgan fingerprint density at radius 2 is 1.95 bits per heavy atom. The quantitative estimate of drug-likeness (QED) is 0.418. The van der Waals surface area contributed by atoms with Gasteiger partial charge in [-0.3, -0.25) is 14.5 Å². The van der Waals surface area contributed by atoms with Crippen LogP contribution in [-0.4, -0.2) is 14.3 Å². The number of rotatable bonds is 3. The molecule has 106 valence electrons. The van der Waals surface area contributed by atoms with Crippen molar-refractivity contribution in [3.8, 4) is 11.3 Å². The fraction of sp³-hybridized carbons (Fsp3) is 0.133. The van der Waals surface area contributed by atoms with Crippen molar-refractivity contribution in [2.75, 3.05) is 0 Å². The predicted molar refractivity (Wildman–Crippen MR) is 81.6 cm³/mol. The number of imidazole rings is 1. The Morgan fingerprint density at radius 3 is 2.57 bits per heavy atom. The number of aryl methyl sites for hydroxylation is 1. The van der Waals surface area contributed by atoms with Crippen LogP contribution in [-0.2, 0) is 5.88 Å². The van der Waals surface area contributed by atoms with E-state index in [0.29, 0.717) is 5.88 Å². The molecule has 2 aromatic heterocycles. The van der Waals surface area contributed by atoms with Crippen LogP contribution in [0.5, 0.6) is 0 Å². The first kappa shape index (κ1) is 13.6. The molecular formula is C15H12ClN3O2. The van der Waals surface area contributed by atoms with Crippen molar-refractivity contribution in [3.63, 3.8) is 0 Å². The van der Waals surface area contributed by atoms with Crippen molar-refractivity contribution in [1.29, 1.82) is 0 Å². The van der Waals surface area contributed by atoms with Crippen molar-refractivity contribution in [2.45, 2.75) is 12.8 Å². The number of nitrogens with zero attached hydrogens (tertiary/aromatic N) is 3. The molecule has 0 atom stereocenters. The second-order valence-corrected chi connectivity index (χ2v) is 4.97. The number of alkyl halides is 1. The Hall–Kier alpha value is -2.40. The maximum Gasteiger partial charge on any atom is 0.269 e. The molecule has 3 aromatic rings. The fourth-order valence-corrected chi connectivity index (χ4v) is 2.67. The first-order valence-electron chi connectivity index (χ1n) is 6.39. The van der Waals surface area contributed by atoms with Crippen molar-refractivity contribution >= 4 is 22.9 Å². The highest BCUT2D eigenvalue weighted by atomic mass is 35.5. The minimum atomic E-state index is -0.417. The zero-order valence-corrected chi connectivity index (χ0v) is 12.0. The number of fused-ring (bicyclic) bond motifs is 1. The number of hydrogen-bond acceptors (Lipinski definition) is 3. The van der Waals surface area contributed by atoms with Crippen LogP contribution in [0.2, 0.25) is 0 Å². The van der Waals surface area contributed by atoms with Gasteiger partial charge >= 0.3 is 0 Å². The molecule has 0 saturated carbocycles. The van der Waals surface area contributed by atoms with E-state index < -0.39 is 4.92 Å². The number of hydrogen-bond donors (Lipinski definition) is 0. The van der Waals surface area contributed by atoms with Gasteiger partial charge in [0.2, 0.25) is 0 Å². The molecule has 1 aromatic carbocycles. The summed E-state index contributed by atoms with van der Waals surface area (Å²) in [6.45, 7) is 1.99. The van der Waals surface area contributed by atoms with Crippen LogP contribution >= 0.6 is 11.6 Å². The predicted octanol–water partition coefficient (Wildman–Crippen LogP) is 3.96. The van der Waals surface area contributed by atoms with Gasteiger partial charge in [-0.2, -0.15) is 0 Å². The van der Waals surface area contributed by atoms with Gasteiger partial charge in [-0.1, -0.05) is 6.07 Å². The van der Waals surface area contributed by atoms with Gasteiger partial charge in [0, 0.05) is 23.4 Å². The number of benzene rings is 1. The van der Waals surface area contributed by atoms with E-state index in [0.717, 1.165) is 28.3 Å². The lowest BCUT2D eigenvalue weighted by Crippen LogP contribution is -1.95. The normalized spacial score (nSPS) is 11.0. The molecule has 21 heavy (non-hydrogen) atoms. The van der Waals surface area contributed by atoms with Gasteiger partial charge in [-0.25, -0.2) is 4.98 Å². The number of aromatic nitrogens is 2. The lowest BCUT2D eigenvalue weighted by molar-refractivity contribution is -0.384. The van der Waals surface area contributed by atoms with Crippen LogP contribution in [0, 0.1) is 17.0 Å². The highest BCUT2D eigenvalue weighted by Gasteiger charge is 2.15. The summed E-state index contributed by atoms with van der Waals surface area (Å²) in [6, 6.07) is 12.2. The molecule has 5 nitrogen and oxygen atoms in total. The van der Waals surface area contributed by atoms with Gasteiger partial charge in [-0.05, 0) is 31.2 Å². The number of nitro benzene ring substituents is 1. The average molecular weight is 302 g/mol. The molecule has 0 aliphatic rings. The lowest BCUT2D eigenvalue weighted by Gasteiger charge is -2.04. The topological polar surface area (TPSA) is 60.4 Å². The van der Waals surface area contributed by atoms with Gasteiger partial charge < -0.3 is 0 Å². The number of halogens is 1. The molecule has 0 saturated heterocycles. The third kappa shape index (κ3) is 2.25. The minimum Gasteiger partial charge on any atom is -0.299 e. The third-order valence-corrected chi connectivity index (χ3v) is 3.67. The summed E-state index contributed by atoms with van der Waals surface area (Å²) in [7, 11) is 0. The Morgan fingerprint density at radius 1 is 1.24 bits per heavy atom. The number of nitro groups is 1. The second-order valence-electron chi connectivity index (χ2n) is 4.71. The summed E-state index contributed by atoms with van der Waals surface area (Å²) >= 11 is 6.09. The maximum absolute atomic E-state index is 10.7. The molecular weight excluding hydrogens is 290 g/mol. The van der Waals surface area contributed by atoms with Crippen molar-refractivity contribution in [2.24, 2.45) is 0 Å². The Labute approximate surface area is 126 Å². The fourth-order valence-electron chi connectivity index (χ4n) is 2.42. The van der Waals surface area contributed by atoms with Crippen LogP contribution < -0.4 is 0 Å². The van der Waals surface area contributed by atoms with Crippen LogP contribution in [0.3, 0.4) is 0 Å². The molecule has 6 heteroatoms. The molecule has 0 radical (unpaired) electrons. The van der Waals surface area contributed by atoms with Crippen LogP contribution in [0.15, 0.2) is 42.5 Å². The van der Waals surface area contributed by atoms with Crippen molar-refractivity contribution in [1.82, 2.24) is 9.38 Å². The summed E-state index contributed by atoms with van der Waals surface area (Å²) in [5.41, 5.74) is 4.39. The molecule has 0 amide bonds. The van der Waals surface area contributed by atoms with Gasteiger partial charge in [0.15, 0.2) is 0 Å². The van der Waals surface area contributed by atoms with Gasteiger partial charge in [-0.15, -0.1) is 11.6 Å². The molecule has 2 heterocycles. The minimum absolute atomic E-state index is 0.0612. The maximum atomic E-state index is 10.7. The van der Waals surface area contributed by atoms with Gasteiger partial charge in [0.1, 0.15) is 5.65 Å². The monoisotopic (exact) mass is 301 g/mol. The van der Waals surface area contributed by atoms with E-state index in [-0.39, 0.29) is 5.69 Å². The zero-order valence-electron chi connectivity index (χ0n) is 11.3. The highest BCUT2D eigenvalue weighted by molar-refractivity contribution is 6.17. The van der Waals surface area contributed by atoms with E-state index in [4.69, 9.17) is 11.6 Å². The molecule has 0 N–H and O–H groups in total. The first-order chi connectivity index (χ1) is 10.1. The van der Waals surface area contributed by atoms with E-state index in [1.165, 1.54) is 12.1 Å². The van der Waals surface area contributed by atoms with E-state index in [1.54, 1.807) is 12.1 Å². The summed E-state index contributed by atoms with van der Waals surface area (Å²) < 4.78 is 2.00. The highest BCUT2D eigenvalue weighted by Crippen LogP contribution is 2.28. The average Bonchev–Trinajstić information content (AvgIpc) is 2.87. The molecule has 0 aliphatic heterocycles. The third-order valence-electron chi connectivity index (χ3n) is 3.41. The molecule has 0 unspecified atom stereocenters. The van der Waals surface area contributed by atoms with Gasteiger partial charge in [0.05, 0.1) is 22.2 Å². The number of non-ortho nitro benzene ring substituents is 1. The van der Waals surface area contributed by atoms with Crippen molar-refractivity contribution < 1.29 is 4.92 Å². The molecule has 0 fully saturated rings. The second kappa shape index (κ2) is 5.18. The molecule has 0 spiro atoms. The summed E-state index contributed by atoms with van der Waals surface area (Å²) in [5.74, 6) is 0.318. The SMILES string of the molecule is Cc1cccc2nc(-c3ccc([N+](=O)[O-])cc3)c(CCl)n12. The Bertz CT molecular complexity index is 825. The van der Waals surface area contributed by atoms with E-state index in [9.17, 15) is 10.1 Å². The summed E-state index contributed by atoms with van der Waals surface area (Å²) in [4.78, 5) is 14.9. The van der Waals surface area contributed by atoms with Crippen LogP contribution in [0.4, 0.5) is 5.69 Å². The van der Waals surface area contributed by atoms with Crippen molar-refractivity contribution in [3.05, 3.63) is 64.0 Å². The lowest BCUT2D eigenvalue weighted by atomic mass is 10.1. The van der Waals surface area contributed by atoms with Gasteiger partial charge in [0.25, 0.3) is 5.69 Å². The standard InChI is InChI=1S/C15H12ClN3O2/c1-10-3-2-4-14-17-15(13(9-16)18(10)14)11-5-7-12(8-6-11)19(20)21/h2-8H,9H2,1H3. The van der Waals surface area contributed by atoms with E-state index >= 15 is 0 Å². The first-order valence-corrected chi connectivity index (χ1v) is 6.93. The van der Waals surface area contributed by atoms with Crippen LogP contribution in [0.1, 0.15) is 11.4 Å².